The first-order valence-corrected chi connectivity index (χ1v) is 14.3. The minimum Gasteiger partial charge on any atom is -0.309 e. The number of nitrogens with zero attached hydrogens (tertiary/aromatic N) is 4. The van der Waals surface area contributed by atoms with Crippen LogP contribution in [0.1, 0.15) is 11.1 Å². The Hall–Kier alpha value is -5.94. The third-order valence-corrected chi connectivity index (χ3v) is 7.86. The lowest BCUT2D eigenvalue weighted by Crippen LogP contribution is -2.36. The summed E-state index contributed by atoms with van der Waals surface area (Å²) in [4.78, 5) is 4.57. The van der Waals surface area contributed by atoms with Gasteiger partial charge in [-0.1, -0.05) is 91.0 Å². The Morgan fingerprint density at radius 1 is 0.512 bits per heavy atom. The number of para-hydroxylation sites is 1. The molecule has 204 valence electrons. The van der Waals surface area contributed by atoms with Crippen LogP contribution in [-0.4, -0.2) is 15.3 Å². The van der Waals surface area contributed by atoms with Gasteiger partial charge in [0.1, 0.15) is 0 Å². The number of hydrazone groups is 1. The summed E-state index contributed by atoms with van der Waals surface area (Å²) >= 11 is 0. The smallest absolute Gasteiger partial charge is 0.0949 e. The van der Waals surface area contributed by atoms with E-state index in [0.717, 1.165) is 50.7 Å². The maximum absolute atomic E-state index is 4.98. The minimum atomic E-state index is 0.897. The Labute approximate surface area is 249 Å². The van der Waals surface area contributed by atoms with Crippen LogP contribution in [0.5, 0.6) is 0 Å². The second-order valence-corrected chi connectivity index (χ2v) is 10.5. The molecule has 2 aromatic heterocycles. The summed E-state index contributed by atoms with van der Waals surface area (Å²) in [6, 6.07) is 50.4. The highest BCUT2D eigenvalue weighted by Gasteiger charge is 2.18. The molecular weight excluding hydrogens is 526 g/mol. The van der Waals surface area contributed by atoms with Crippen molar-refractivity contribution in [2.75, 3.05) is 5.12 Å². The van der Waals surface area contributed by atoms with Gasteiger partial charge in [0, 0.05) is 33.8 Å². The number of hydrogen-bond donors (Lipinski definition) is 1. The predicted molar refractivity (Wildman–Crippen MR) is 177 cm³/mol. The van der Waals surface area contributed by atoms with Crippen molar-refractivity contribution in [3.8, 4) is 16.9 Å². The summed E-state index contributed by atoms with van der Waals surface area (Å²) in [5.41, 5.74) is 14.0. The number of allylic oxidation sites excluding steroid dienone is 1. The van der Waals surface area contributed by atoms with Crippen molar-refractivity contribution in [1.82, 2.24) is 15.0 Å². The number of hydrazine groups is 1. The molecular formula is C38H27N5. The van der Waals surface area contributed by atoms with Crippen LogP contribution in [0.2, 0.25) is 0 Å². The van der Waals surface area contributed by atoms with Crippen LogP contribution in [0.3, 0.4) is 0 Å². The van der Waals surface area contributed by atoms with E-state index in [1.165, 1.54) is 16.3 Å². The van der Waals surface area contributed by atoms with Crippen molar-refractivity contribution in [2.24, 2.45) is 5.10 Å². The predicted octanol–water partition coefficient (Wildman–Crippen LogP) is 8.62. The molecule has 0 fully saturated rings. The molecule has 0 atom stereocenters. The van der Waals surface area contributed by atoms with Gasteiger partial charge in [-0.05, 0) is 66.2 Å². The van der Waals surface area contributed by atoms with Gasteiger partial charge < -0.3 is 4.57 Å². The van der Waals surface area contributed by atoms with Crippen molar-refractivity contribution < 1.29 is 0 Å². The molecule has 7 aromatic rings. The highest BCUT2D eigenvalue weighted by molar-refractivity contribution is 6.13. The molecule has 43 heavy (non-hydrogen) atoms. The highest BCUT2D eigenvalue weighted by Crippen LogP contribution is 2.35. The molecule has 0 saturated heterocycles. The van der Waals surface area contributed by atoms with Gasteiger partial charge >= 0.3 is 0 Å². The molecule has 0 bridgehead atoms. The Morgan fingerprint density at radius 3 is 1.95 bits per heavy atom. The fraction of sp³-hybridized carbons (Fsp3) is 0. The Balaban J connectivity index is 1.20. The molecule has 0 amide bonds. The number of anilines is 1. The molecule has 1 aliphatic heterocycles. The largest absolute Gasteiger partial charge is 0.309 e. The van der Waals surface area contributed by atoms with Gasteiger partial charge in [-0.15, -0.1) is 0 Å². The van der Waals surface area contributed by atoms with Gasteiger partial charge in [0.2, 0.25) is 0 Å². The lowest BCUT2D eigenvalue weighted by Gasteiger charge is -2.28. The van der Waals surface area contributed by atoms with Gasteiger partial charge in [-0.3, -0.25) is 10.4 Å². The lowest BCUT2D eigenvalue weighted by atomic mass is 10.1. The van der Waals surface area contributed by atoms with Crippen LogP contribution in [0.4, 0.5) is 5.69 Å². The number of fused-ring (bicyclic) bond motifs is 3. The lowest BCUT2D eigenvalue weighted by molar-refractivity contribution is 0.787. The normalized spacial score (nSPS) is 13.1. The Morgan fingerprint density at radius 2 is 1.19 bits per heavy atom. The number of hydrogen-bond acceptors (Lipinski definition) is 4. The van der Waals surface area contributed by atoms with E-state index in [1.807, 2.05) is 47.7 Å². The molecule has 5 nitrogen and oxygen atoms in total. The fourth-order valence-electron chi connectivity index (χ4n) is 5.77. The topological polar surface area (TPSA) is 45.5 Å². The first-order valence-electron chi connectivity index (χ1n) is 14.3. The van der Waals surface area contributed by atoms with E-state index in [2.05, 4.69) is 130 Å². The molecule has 0 saturated carbocycles. The zero-order chi connectivity index (χ0) is 28.6. The minimum absolute atomic E-state index is 0.897. The molecule has 0 spiro atoms. The van der Waals surface area contributed by atoms with E-state index in [0.29, 0.717) is 0 Å². The number of pyridine rings is 1. The average Bonchev–Trinajstić information content (AvgIpc) is 3.43. The molecule has 0 radical (unpaired) electrons. The first kappa shape index (κ1) is 24.8. The van der Waals surface area contributed by atoms with E-state index < -0.39 is 0 Å². The van der Waals surface area contributed by atoms with Crippen LogP contribution >= 0.6 is 0 Å². The summed E-state index contributed by atoms with van der Waals surface area (Å²) in [6.45, 7) is 0. The SMILES string of the molecule is C1=C(c2ccccc2)NN(c2ccc(-n3c4ccccc4c4cc(-c5ccccn5)ccc43)cc2)N=C1c1ccccc1. The summed E-state index contributed by atoms with van der Waals surface area (Å²) in [7, 11) is 0. The molecule has 1 aliphatic rings. The maximum atomic E-state index is 4.98. The van der Waals surface area contributed by atoms with Crippen molar-refractivity contribution in [2.45, 2.75) is 0 Å². The van der Waals surface area contributed by atoms with Crippen molar-refractivity contribution in [3.63, 3.8) is 0 Å². The van der Waals surface area contributed by atoms with E-state index in [4.69, 9.17) is 5.10 Å². The number of rotatable bonds is 5. The van der Waals surface area contributed by atoms with Crippen LogP contribution in [-0.2, 0) is 0 Å². The fourth-order valence-corrected chi connectivity index (χ4v) is 5.77. The summed E-state index contributed by atoms with van der Waals surface area (Å²) < 4.78 is 2.33. The van der Waals surface area contributed by atoms with Crippen LogP contribution in [0.25, 0.3) is 44.4 Å². The van der Waals surface area contributed by atoms with Gasteiger partial charge in [0.25, 0.3) is 0 Å². The zero-order valence-electron chi connectivity index (χ0n) is 23.3. The number of aromatic nitrogens is 2. The molecule has 5 aromatic carbocycles. The Bertz CT molecular complexity index is 2130. The summed E-state index contributed by atoms with van der Waals surface area (Å²) in [6.07, 6.45) is 3.94. The van der Waals surface area contributed by atoms with Crippen molar-refractivity contribution in [3.05, 3.63) is 169 Å². The standard InChI is InChI=1S/C38H27N5/c1-3-11-27(12-4-1)35-26-36(28-13-5-2-6-14-28)41-43(40-35)31-21-19-30(20-22-31)42-37-17-8-7-15-32(37)33-25-29(18-23-38(33)42)34-16-9-10-24-39-34/h1-26,40H. The molecule has 1 N–H and O–H groups in total. The molecule has 3 heterocycles. The highest BCUT2D eigenvalue weighted by atomic mass is 15.7. The molecule has 8 rings (SSSR count). The number of nitrogens with one attached hydrogen (secondary N) is 1. The van der Waals surface area contributed by atoms with E-state index in [9.17, 15) is 0 Å². The Kier molecular flexibility index (Phi) is 6.05. The van der Waals surface area contributed by atoms with Gasteiger partial charge in [0.05, 0.1) is 33.8 Å². The molecule has 0 aliphatic carbocycles. The van der Waals surface area contributed by atoms with Crippen LogP contribution < -0.4 is 10.5 Å². The zero-order valence-corrected chi connectivity index (χ0v) is 23.3. The molecule has 5 heteroatoms. The second kappa shape index (κ2) is 10.5. The third kappa shape index (κ3) is 4.53. The van der Waals surface area contributed by atoms with Gasteiger partial charge in [-0.2, -0.15) is 10.2 Å². The second-order valence-electron chi connectivity index (χ2n) is 10.5. The summed E-state index contributed by atoms with van der Waals surface area (Å²) in [5, 5.41) is 9.26. The van der Waals surface area contributed by atoms with Gasteiger partial charge in [0.15, 0.2) is 0 Å². The van der Waals surface area contributed by atoms with Gasteiger partial charge in [-0.25, -0.2) is 0 Å². The monoisotopic (exact) mass is 553 g/mol. The third-order valence-electron chi connectivity index (χ3n) is 7.86. The summed E-state index contributed by atoms with van der Waals surface area (Å²) in [5.74, 6) is 0. The quantitative estimate of drug-likeness (QED) is 0.232. The van der Waals surface area contributed by atoms with Crippen LogP contribution in [0, 0.1) is 0 Å². The first-order chi connectivity index (χ1) is 21.3. The van der Waals surface area contributed by atoms with Crippen LogP contribution in [0.15, 0.2) is 163 Å². The van der Waals surface area contributed by atoms with Crippen molar-refractivity contribution >= 4 is 38.9 Å². The van der Waals surface area contributed by atoms with E-state index in [1.54, 1.807) is 0 Å². The number of benzene rings is 5. The van der Waals surface area contributed by atoms with E-state index >= 15 is 0 Å². The van der Waals surface area contributed by atoms with Crippen molar-refractivity contribution in [1.29, 1.82) is 0 Å². The maximum Gasteiger partial charge on any atom is 0.0949 e. The van der Waals surface area contributed by atoms with E-state index in [-0.39, 0.29) is 0 Å². The molecule has 0 unspecified atom stereocenters. The average molecular weight is 554 g/mol.